The third-order valence-corrected chi connectivity index (χ3v) is 10.7. The van der Waals surface area contributed by atoms with Gasteiger partial charge in [-0.05, 0) is 70.6 Å². The van der Waals surface area contributed by atoms with E-state index in [9.17, 15) is 39.2 Å². The topological polar surface area (TPSA) is 242 Å². The number of ether oxygens (including phenoxy) is 3. The molecule has 354 valence electrons. The highest BCUT2D eigenvalue weighted by Gasteiger charge is 2.35. The SMILES string of the molecule is CC/C=C\C/C=C\C/C=C\C/C=C\CCCCCCC(=O)O[C@H](COC(=O)CCC/C=C\C[C@H]1[C@@H](O)CC(O)O[C@@H]1/C=C/[C@@H](O)CCCCC)COP(=O)(O)OC[C@H](N)C(=O)O. The van der Waals surface area contributed by atoms with Crippen molar-refractivity contribution in [2.45, 2.75) is 173 Å². The molecule has 0 spiro atoms. The number of phosphoric ester groups is 1. The van der Waals surface area contributed by atoms with Crippen LogP contribution >= 0.6 is 7.82 Å². The fourth-order valence-corrected chi connectivity index (χ4v) is 6.93. The highest BCUT2D eigenvalue weighted by molar-refractivity contribution is 7.47. The molecule has 0 aliphatic carbocycles. The summed E-state index contributed by atoms with van der Waals surface area (Å²) in [6.45, 7) is 2.26. The first kappa shape index (κ1) is 56.8. The lowest BCUT2D eigenvalue weighted by molar-refractivity contribution is -0.199. The first-order valence-electron chi connectivity index (χ1n) is 22.4. The van der Waals surface area contributed by atoms with Gasteiger partial charge >= 0.3 is 25.7 Å². The molecular formula is C46H76NO14P. The molecular weight excluding hydrogens is 821 g/mol. The number of carbonyl (C=O) groups excluding carboxylic acids is 2. The van der Waals surface area contributed by atoms with E-state index >= 15 is 0 Å². The van der Waals surface area contributed by atoms with Crippen LogP contribution in [0, 0.1) is 5.92 Å². The number of hydrogen-bond acceptors (Lipinski definition) is 13. The maximum absolute atomic E-state index is 12.7. The molecule has 0 amide bonds. The number of nitrogens with two attached hydrogens (primary N) is 1. The van der Waals surface area contributed by atoms with Crippen LogP contribution in [0.15, 0.2) is 72.9 Å². The summed E-state index contributed by atoms with van der Waals surface area (Å²) in [4.78, 5) is 46.2. The third-order valence-electron chi connectivity index (χ3n) is 9.73. The molecule has 1 fully saturated rings. The van der Waals surface area contributed by atoms with E-state index in [1.165, 1.54) is 0 Å². The molecule has 8 atom stereocenters. The number of aliphatic carboxylic acids is 1. The van der Waals surface area contributed by atoms with Crippen molar-refractivity contribution in [1.29, 1.82) is 0 Å². The van der Waals surface area contributed by atoms with Crippen molar-refractivity contribution in [3.63, 3.8) is 0 Å². The molecule has 16 heteroatoms. The standard InChI is InChI=1S/C46H76NO14P/c1-3-5-7-8-9-10-11-12-13-14-15-16-17-18-19-20-26-30-44(51)60-38(35-58-62(55,56)59-36-40(47)46(53)54)34-57-43(50)29-25-22-21-24-28-39-41(49)33-45(52)61-42(39)32-31-37(48)27-23-6-4-2/h5,7,9-10,12-13,15-16,21,24,31-32,37-42,45,48-49,52H,3-4,6,8,11,14,17-20,22-23,25-30,33-36,47H2,1-2H3,(H,53,54)(H,55,56)/b7-5-,10-9-,13-12-,16-15-,24-21-,32-31+/t37-,38+,39-,40-,41-,42+,45?/m0/s1. The van der Waals surface area contributed by atoms with Gasteiger partial charge in [-0.25, -0.2) is 4.57 Å². The Morgan fingerprint density at radius 2 is 1.39 bits per heavy atom. The van der Waals surface area contributed by atoms with E-state index in [1.54, 1.807) is 12.2 Å². The number of aliphatic hydroxyl groups excluding tert-OH is 3. The second kappa shape index (κ2) is 36.1. The molecule has 62 heavy (non-hydrogen) atoms. The number of rotatable bonds is 36. The average molecular weight is 898 g/mol. The van der Waals surface area contributed by atoms with Gasteiger partial charge in [0.15, 0.2) is 12.4 Å². The van der Waals surface area contributed by atoms with Crippen molar-refractivity contribution in [3.05, 3.63) is 72.9 Å². The first-order valence-corrected chi connectivity index (χ1v) is 23.9. The van der Waals surface area contributed by atoms with Gasteiger partial charge in [-0.3, -0.25) is 23.4 Å². The molecule has 0 saturated carbocycles. The summed E-state index contributed by atoms with van der Waals surface area (Å²) < 4.78 is 38.3. The number of unbranched alkanes of at least 4 members (excludes halogenated alkanes) is 7. The van der Waals surface area contributed by atoms with Crippen molar-refractivity contribution in [3.8, 4) is 0 Å². The van der Waals surface area contributed by atoms with Gasteiger partial charge in [0, 0.05) is 25.2 Å². The molecule has 1 heterocycles. The summed E-state index contributed by atoms with van der Waals surface area (Å²) in [7, 11) is -4.80. The Morgan fingerprint density at radius 3 is 2.06 bits per heavy atom. The predicted octanol–water partition coefficient (Wildman–Crippen LogP) is 7.83. The van der Waals surface area contributed by atoms with Crippen LogP contribution in [0.1, 0.15) is 136 Å². The van der Waals surface area contributed by atoms with E-state index in [4.69, 9.17) is 29.6 Å². The van der Waals surface area contributed by atoms with Gasteiger partial charge in [0.25, 0.3) is 0 Å². The number of aliphatic hydroxyl groups is 3. The maximum Gasteiger partial charge on any atom is 0.472 e. The van der Waals surface area contributed by atoms with Crippen LogP contribution in [0.25, 0.3) is 0 Å². The molecule has 0 bridgehead atoms. The number of phosphoric acid groups is 1. The second-order valence-electron chi connectivity index (χ2n) is 15.3. The minimum absolute atomic E-state index is 0.0180. The van der Waals surface area contributed by atoms with Crippen LogP contribution in [-0.2, 0) is 42.2 Å². The lowest BCUT2D eigenvalue weighted by Crippen LogP contribution is -2.43. The summed E-state index contributed by atoms with van der Waals surface area (Å²) >= 11 is 0. The van der Waals surface area contributed by atoms with Crippen LogP contribution in [0.3, 0.4) is 0 Å². The Kier molecular flexibility index (Phi) is 33.1. The van der Waals surface area contributed by atoms with E-state index in [1.807, 2.05) is 12.2 Å². The molecule has 0 aromatic rings. The van der Waals surface area contributed by atoms with E-state index in [-0.39, 0.29) is 25.2 Å². The third kappa shape index (κ3) is 30.7. The Hall–Kier alpha value is -3.24. The number of esters is 2. The average Bonchev–Trinajstić information content (AvgIpc) is 3.23. The number of hydrogen-bond donors (Lipinski definition) is 6. The van der Waals surface area contributed by atoms with Gasteiger partial charge < -0.3 is 45.3 Å². The zero-order valence-corrected chi connectivity index (χ0v) is 37.9. The van der Waals surface area contributed by atoms with Gasteiger partial charge in [-0.2, -0.15) is 0 Å². The molecule has 2 unspecified atom stereocenters. The van der Waals surface area contributed by atoms with Gasteiger partial charge in [0.2, 0.25) is 0 Å². The van der Waals surface area contributed by atoms with E-state index in [0.29, 0.717) is 32.1 Å². The fourth-order valence-electron chi connectivity index (χ4n) is 6.15. The van der Waals surface area contributed by atoms with Crippen LogP contribution in [-0.4, -0.2) is 99.8 Å². The van der Waals surface area contributed by atoms with Gasteiger partial charge in [-0.1, -0.05) is 119 Å². The van der Waals surface area contributed by atoms with Gasteiger partial charge in [-0.15, -0.1) is 0 Å². The van der Waals surface area contributed by atoms with Crippen molar-refractivity contribution in [2.75, 3.05) is 19.8 Å². The monoisotopic (exact) mass is 898 g/mol. The molecule has 0 radical (unpaired) electrons. The number of carboxylic acids is 1. The molecule has 1 rings (SSSR count). The lowest BCUT2D eigenvalue weighted by Gasteiger charge is -2.36. The summed E-state index contributed by atoms with van der Waals surface area (Å²) in [5.74, 6) is -2.99. The number of carboxylic acid groups (broad SMARTS) is 1. The van der Waals surface area contributed by atoms with Gasteiger partial charge in [0.1, 0.15) is 12.6 Å². The fraction of sp³-hybridized carbons (Fsp3) is 0.674. The minimum atomic E-state index is -4.80. The Morgan fingerprint density at radius 1 is 0.774 bits per heavy atom. The first-order chi connectivity index (χ1) is 29.8. The molecule has 0 aromatic heterocycles. The predicted molar refractivity (Wildman–Crippen MR) is 238 cm³/mol. The van der Waals surface area contributed by atoms with Gasteiger partial charge in [0.05, 0.1) is 31.5 Å². The van der Waals surface area contributed by atoms with Crippen molar-refractivity contribution >= 4 is 25.7 Å². The van der Waals surface area contributed by atoms with E-state index in [0.717, 1.165) is 70.6 Å². The second-order valence-corrected chi connectivity index (χ2v) is 16.8. The van der Waals surface area contributed by atoms with E-state index < -0.39 is 82.3 Å². The van der Waals surface area contributed by atoms with Crippen LogP contribution in [0.4, 0.5) is 0 Å². The van der Waals surface area contributed by atoms with E-state index in [2.05, 4.69) is 67.0 Å². The van der Waals surface area contributed by atoms with Crippen molar-refractivity contribution in [2.24, 2.45) is 11.7 Å². The summed E-state index contributed by atoms with van der Waals surface area (Å²) in [6.07, 6.45) is 33.0. The summed E-state index contributed by atoms with van der Waals surface area (Å²) in [5, 5.41) is 39.9. The van der Waals surface area contributed by atoms with Crippen molar-refractivity contribution in [1.82, 2.24) is 0 Å². The highest BCUT2D eigenvalue weighted by atomic mass is 31.2. The number of allylic oxidation sites excluding steroid dienone is 10. The van der Waals surface area contributed by atoms with Crippen LogP contribution in [0.5, 0.6) is 0 Å². The van der Waals surface area contributed by atoms with Crippen LogP contribution in [0.2, 0.25) is 0 Å². The lowest BCUT2D eigenvalue weighted by atomic mass is 9.87. The Labute approximate surface area is 369 Å². The Balaban J connectivity index is 2.55. The normalized spacial score (nSPS) is 21.1. The molecule has 15 nitrogen and oxygen atoms in total. The molecule has 1 aliphatic rings. The van der Waals surface area contributed by atoms with Crippen molar-refractivity contribution < 1.29 is 67.5 Å². The highest BCUT2D eigenvalue weighted by Crippen LogP contribution is 2.43. The maximum atomic E-state index is 12.7. The molecule has 7 N–H and O–H groups in total. The number of carbonyl (C=O) groups is 3. The molecule has 1 saturated heterocycles. The van der Waals surface area contributed by atoms with Crippen LogP contribution < -0.4 is 5.73 Å². The Bertz CT molecular complexity index is 1450. The summed E-state index contributed by atoms with van der Waals surface area (Å²) in [5.41, 5.74) is 5.33. The molecule has 0 aromatic carbocycles. The zero-order valence-electron chi connectivity index (χ0n) is 37.0. The largest absolute Gasteiger partial charge is 0.480 e. The summed E-state index contributed by atoms with van der Waals surface area (Å²) in [6, 6.07) is -1.57. The minimum Gasteiger partial charge on any atom is -0.480 e. The smallest absolute Gasteiger partial charge is 0.472 e. The quantitative estimate of drug-likeness (QED) is 0.0152. The molecule has 1 aliphatic heterocycles. The zero-order chi connectivity index (χ0) is 45.9.